The second kappa shape index (κ2) is 5.79. The van der Waals surface area contributed by atoms with Crippen molar-refractivity contribution in [1.82, 2.24) is 4.98 Å². The van der Waals surface area contributed by atoms with Gasteiger partial charge in [-0.2, -0.15) is 0 Å². The Morgan fingerprint density at radius 2 is 2.10 bits per heavy atom. The summed E-state index contributed by atoms with van der Waals surface area (Å²) in [5.41, 5.74) is 1.42. The third-order valence-corrected chi connectivity index (χ3v) is 3.24. The summed E-state index contributed by atoms with van der Waals surface area (Å²) in [6.45, 7) is 1.84. The Balaban J connectivity index is 2.23. The van der Waals surface area contributed by atoms with Gasteiger partial charge < -0.3 is 5.32 Å². The minimum atomic E-state index is -0.547. The number of nitro groups is 1. The molecule has 0 fully saturated rings. The molecule has 102 valence electrons. The Labute approximate surface area is 123 Å². The van der Waals surface area contributed by atoms with Crippen molar-refractivity contribution in [3.8, 4) is 0 Å². The Morgan fingerprint density at radius 1 is 1.35 bits per heavy atom. The number of halogens is 1. The Kier molecular flexibility index (Phi) is 4.09. The summed E-state index contributed by atoms with van der Waals surface area (Å²) in [7, 11) is 0. The first kappa shape index (κ1) is 14.1. The number of nitro benzene ring substituents is 1. The van der Waals surface area contributed by atoms with E-state index in [1.54, 1.807) is 12.1 Å². The highest BCUT2D eigenvalue weighted by Crippen LogP contribution is 2.25. The number of benzene rings is 1. The highest BCUT2D eigenvalue weighted by atomic mass is 79.9. The molecule has 0 aliphatic heterocycles. The summed E-state index contributed by atoms with van der Waals surface area (Å²) in [6.07, 6.45) is 1.53. The van der Waals surface area contributed by atoms with Gasteiger partial charge in [-0.25, -0.2) is 0 Å². The predicted octanol–water partition coefficient (Wildman–Crippen LogP) is 3.31. The van der Waals surface area contributed by atoms with Crippen LogP contribution in [0.4, 0.5) is 11.4 Å². The lowest BCUT2D eigenvalue weighted by Crippen LogP contribution is -2.12. The number of rotatable bonds is 3. The SMILES string of the molecule is Cc1ccc(NC(=O)c2ccc(Br)c([N+](=O)[O-])c2)cn1. The average molecular weight is 336 g/mol. The molecule has 1 heterocycles. The fourth-order valence-corrected chi connectivity index (χ4v) is 1.93. The van der Waals surface area contributed by atoms with E-state index in [0.717, 1.165) is 5.69 Å². The molecule has 0 aliphatic rings. The molecule has 0 bridgehead atoms. The summed E-state index contributed by atoms with van der Waals surface area (Å²) < 4.78 is 0.330. The van der Waals surface area contributed by atoms with E-state index in [1.165, 1.54) is 24.4 Å². The van der Waals surface area contributed by atoms with Crippen LogP contribution in [0.25, 0.3) is 0 Å². The van der Waals surface area contributed by atoms with Crippen molar-refractivity contribution in [2.45, 2.75) is 6.92 Å². The molecule has 0 unspecified atom stereocenters. The number of hydrogen-bond acceptors (Lipinski definition) is 4. The van der Waals surface area contributed by atoms with Crippen LogP contribution in [0.15, 0.2) is 41.0 Å². The number of nitrogens with zero attached hydrogens (tertiary/aromatic N) is 2. The van der Waals surface area contributed by atoms with Gasteiger partial charge in [0.15, 0.2) is 0 Å². The number of aryl methyl sites for hydroxylation is 1. The topological polar surface area (TPSA) is 85.1 Å². The molecular weight excluding hydrogens is 326 g/mol. The van der Waals surface area contributed by atoms with Crippen molar-refractivity contribution >= 4 is 33.2 Å². The van der Waals surface area contributed by atoms with Crippen LogP contribution >= 0.6 is 15.9 Å². The summed E-state index contributed by atoms with van der Waals surface area (Å²) in [6, 6.07) is 7.68. The first-order chi connectivity index (χ1) is 9.47. The second-order valence-corrected chi connectivity index (χ2v) is 4.92. The fourth-order valence-electron chi connectivity index (χ4n) is 1.54. The molecule has 0 radical (unpaired) electrons. The van der Waals surface area contributed by atoms with Gasteiger partial charge in [0.25, 0.3) is 11.6 Å². The molecule has 1 N–H and O–H groups in total. The Bertz CT molecular complexity index is 671. The van der Waals surface area contributed by atoms with E-state index >= 15 is 0 Å². The monoisotopic (exact) mass is 335 g/mol. The van der Waals surface area contributed by atoms with Crippen molar-refractivity contribution in [3.05, 3.63) is 62.4 Å². The lowest BCUT2D eigenvalue weighted by molar-refractivity contribution is -0.385. The molecule has 1 amide bonds. The molecule has 1 aromatic heterocycles. The minimum Gasteiger partial charge on any atom is -0.321 e. The van der Waals surface area contributed by atoms with E-state index in [2.05, 4.69) is 26.2 Å². The second-order valence-electron chi connectivity index (χ2n) is 4.07. The van der Waals surface area contributed by atoms with Crippen molar-refractivity contribution < 1.29 is 9.72 Å². The maximum Gasteiger partial charge on any atom is 0.284 e. The number of pyridine rings is 1. The summed E-state index contributed by atoms with van der Waals surface area (Å²) >= 11 is 3.07. The van der Waals surface area contributed by atoms with Crippen molar-refractivity contribution in [3.63, 3.8) is 0 Å². The number of carbonyl (C=O) groups is 1. The smallest absolute Gasteiger partial charge is 0.284 e. The van der Waals surface area contributed by atoms with Crippen LogP contribution in [0.3, 0.4) is 0 Å². The van der Waals surface area contributed by atoms with Gasteiger partial charge in [-0.1, -0.05) is 0 Å². The summed E-state index contributed by atoms with van der Waals surface area (Å²) in [4.78, 5) is 26.3. The standard InChI is InChI=1S/C13H10BrN3O3/c1-8-2-4-10(7-15-8)16-13(18)9-3-5-11(14)12(6-9)17(19)20/h2-7H,1H3,(H,16,18). The lowest BCUT2D eigenvalue weighted by atomic mass is 10.2. The molecule has 2 aromatic rings. The highest BCUT2D eigenvalue weighted by molar-refractivity contribution is 9.10. The molecule has 0 spiro atoms. The predicted molar refractivity (Wildman–Crippen MR) is 77.7 cm³/mol. The molecule has 0 saturated carbocycles. The normalized spacial score (nSPS) is 10.1. The number of anilines is 1. The maximum absolute atomic E-state index is 12.0. The Hall–Kier alpha value is -2.28. The van der Waals surface area contributed by atoms with E-state index in [9.17, 15) is 14.9 Å². The molecular formula is C13H10BrN3O3. The summed E-state index contributed by atoms with van der Waals surface area (Å²) in [5, 5.41) is 13.5. The van der Waals surface area contributed by atoms with Crippen molar-refractivity contribution in [1.29, 1.82) is 0 Å². The van der Waals surface area contributed by atoms with Gasteiger partial charge in [0.05, 0.1) is 21.3 Å². The first-order valence-corrected chi connectivity index (χ1v) is 6.44. The number of carbonyl (C=O) groups excluding carboxylic acids is 1. The molecule has 0 saturated heterocycles. The van der Waals surface area contributed by atoms with Crippen LogP contribution in [0.5, 0.6) is 0 Å². The van der Waals surface area contributed by atoms with E-state index in [0.29, 0.717) is 10.2 Å². The third kappa shape index (κ3) is 3.18. The average Bonchev–Trinajstić information content (AvgIpc) is 2.41. The minimum absolute atomic E-state index is 0.153. The van der Waals surface area contributed by atoms with Crippen LogP contribution in [0, 0.1) is 17.0 Å². The molecule has 7 heteroatoms. The van der Waals surface area contributed by atoms with Crippen LogP contribution in [0.1, 0.15) is 16.1 Å². The van der Waals surface area contributed by atoms with Crippen LogP contribution in [-0.4, -0.2) is 15.8 Å². The zero-order valence-electron chi connectivity index (χ0n) is 10.5. The van der Waals surface area contributed by atoms with Gasteiger partial charge in [0.2, 0.25) is 0 Å². The van der Waals surface area contributed by atoms with E-state index in [-0.39, 0.29) is 11.3 Å². The largest absolute Gasteiger partial charge is 0.321 e. The highest BCUT2D eigenvalue weighted by Gasteiger charge is 2.16. The molecule has 6 nitrogen and oxygen atoms in total. The van der Waals surface area contributed by atoms with Gasteiger partial charge in [-0.15, -0.1) is 0 Å². The molecule has 0 aliphatic carbocycles. The van der Waals surface area contributed by atoms with Gasteiger partial charge in [-0.05, 0) is 47.1 Å². The van der Waals surface area contributed by atoms with Crippen molar-refractivity contribution in [2.75, 3.05) is 5.32 Å². The zero-order valence-corrected chi connectivity index (χ0v) is 12.0. The Morgan fingerprint density at radius 3 is 2.70 bits per heavy atom. The maximum atomic E-state index is 12.0. The van der Waals surface area contributed by atoms with Gasteiger partial charge in [0.1, 0.15) is 0 Å². The first-order valence-electron chi connectivity index (χ1n) is 5.65. The van der Waals surface area contributed by atoms with E-state index in [4.69, 9.17) is 0 Å². The van der Waals surface area contributed by atoms with E-state index in [1.807, 2.05) is 6.92 Å². The zero-order chi connectivity index (χ0) is 14.7. The number of aromatic nitrogens is 1. The van der Waals surface area contributed by atoms with Gasteiger partial charge in [-0.3, -0.25) is 19.9 Å². The van der Waals surface area contributed by atoms with Crippen LogP contribution < -0.4 is 5.32 Å². The van der Waals surface area contributed by atoms with Gasteiger partial charge in [0, 0.05) is 17.3 Å². The lowest BCUT2D eigenvalue weighted by Gasteiger charge is -2.05. The number of hydrogen-bond donors (Lipinski definition) is 1. The fraction of sp³-hybridized carbons (Fsp3) is 0.0769. The molecule has 0 atom stereocenters. The molecule has 2 rings (SSSR count). The van der Waals surface area contributed by atoms with Crippen LogP contribution in [-0.2, 0) is 0 Å². The summed E-state index contributed by atoms with van der Waals surface area (Å²) in [5.74, 6) is -0.425. The molecule has 20 heavy (non-hydrogen) atoms. The molecule has 1 aromatic carbocycles. The quantitative estimate of drug-likeness (QED) is 0.688. The number of nitrogens with one attached hydrogen (secondary N) is 1. The number of amides is 1. The van der Waals surface area contributed by atoms with Crippen molar-refractivity contribution in [2.24, 2.45) is 0 Å². The van der Waals surface area contributed by atoms with Crippen LogP contribution in [0.2, 0.25) is 0 Å². The van der Waals surface area contributed by atoms with E-state index < -0.39 is 10.8 Å². The third-order valence-electron chi connectivity index (χ3n) is 2.57. The van der Waals surface area contributed by atoms with Gasteiger partial charge >= 0.3 is 0 Å².